The molecule has 0 amide bonds. The molecule has 0 N–H and O–H groups in total. The number of thioether (sulfide) groups is 1. The average molecular weight is 352 g/mol. The smallest absolute Gasteiger partial charge is 0.253 e. The zero-order valence-electron chi connectivity index (χ0n) is 14.4. The van der Waals surface area contributed by atoms with E-state index in [1.165, 1.54) is 11.1 Å². The van der Waals surface area contributed by atoms with Gasteiger partial charge in [0.15, 0.2) is 5.78 Å². The van der Waals surface area contributed by atoms with Crippen LogP contribution in [0.4, 0.5) is 0 Å². The molecule has 2 aromatic heterocycles. The lowest BCUT2D eigenvalue weighted by atomic mass is 9.82. The summed E-state index contributed by atoms with van der Waals surface area (Å²) in [6.45, 7) is 4.21. The number of hydrogen-bond acceptors (Lipinski definition) is 5. The lowest BCUT2D eigenvalue weighted by Gasteiger charge is -2.23. The van der Waals surface area contributed by atoms with E-state index in [-0.39, 0.29) is 11.7 Å². The Hall–Kier alpha value is -2.21. The van der Waals surface area contributed by atoms with Gasteiger partial charge in [-0.05, 0) is 31.2 Å². The van der Waals surface area contributed by atoms with Gasteiger partial charge in [-0.1, -0.05) is 48.5 Å². The number of fused-ring (bicyclic) bond motifs is 3. The molecule has 5 nitrogen and oxygen atoms in total. The van der Waals surface area contributed by atoms with Crippen LogP contribution in [-0.2, 0) is 6.42 Å². The maximum absolute atomic E-state index is 12.7. The zero-order chi connectivity index (χ0) is 17.4. The van der Waals surface area contributed by atoms with Crippen LogP contribution in [-0.4, -0.2) is 31.1 Å². The molecule has 3 aromatic rings. The minimum atomic E-state index is 0.138. The van der Waals surface area contributed by atoms with Crippen LogP contribution in [0.5, 0.6) is 0 Å². The summed E-state index contributed by atoms with van der Waals surface area (Å²) in [4.78, 5) is 21.5. The number of Topliss-reactive ketones (excluding diaryl/α,β-unsaturated/α-hetero) is 1. The molecule has 0 saturated heterocycles. The zero-order valence-corrected chi connectivity index (χ0v) is 15.2. The number of benzene rings is 1. The molecule has 0 saturated carbocycles. The Balaban J connectivity index is 1.73. The molecule has 0 spiro atoms. The highest BCUT2D eigenvalue weighted by atomic mass is 32.2. The van der Waals surface area contributed by atoms with Gasteiger partial charge < -0.3 is 0 Å². The van der Waals surface area contributed by atoms with Crippen molar-refractivity contribution in [1.82, 2.24) is 19.6 Å². The van der Waals surface area contributed by atoms with Crippen molar-refractivity contribution >= 4 is 23.3 Å². The third kappa shape index (κ3) is 3.06. The molecular formula is C19H20N4OS. The first-order chi connectivity index (χ1) is 12.2. The first-order valence-corrected chi connectivity index (χ1v) is 9.61. The second kappa shape index (κ2) is 6.59. The summed E-state index contributed by atoms with van der Waals surface area (Å²) in [5, 5.41) is 5.32. The van der Waals surface area contributed by atoms with E-state index in [9.17, 15) is 4.79 Å². The monoisotopic (exact) mass is 352 g/mol. The van der Waals surface area contributed by atoms with Gasteiger partial charge in [0.1, 0.15) is 0 Å². The fourth-order valence-electron chi connectivity index (χ4n) is 3.26. The second-order valence-corrected chi connectivity index (χ2v) is 7.57. The number of ketones is 1. The largest absolute Gasteiger partial charge is 0.294 e. The Kier molecular flexibility index (Phi) is 4.29. The molecule has 4 rings (SSSR count). The van der Waals surface area contributed by atoms with Gasteiger partial charge in [-0.15, -0.1) is 5.10 Å². The number of rotatable bonds is 4. The van der Waals surface area contributed by atoms with Crippen LogP contribution >= 0.6 is 11.8 Å². The number of carbonyl (C=O) groups excluding carboxylic acids is 1. The number of carbonyl (C=O) groups is 1. The molecule has 1 aromatic carbocycles. The highest BCUT2D eigenvalue weighted by Gasteiger charge is 2.29. The topological polar surface area (TPSA) is 60.1 Å². The summed E-state index contributed by atoms with van der Waals surface area (Å²) < 4.78 is 1.77. The fourth-order valence-corrected chi connectivity index (χ4v) is 3.93. The van der Waals surface area contributed by atoms with Crippen molar-refractivity contribution in [3.05, 3.63) is 52.8 Å². The molecule has 0 fully saturated rings. The lowest BCUT2D eigenvalue weighted by Crippen LogP contribution is -2.22. The summed E-state index contributed by atoms with van der Waals surface area (Å²) in [6, 6.07) is 8.46. The van der Waals surface area contributed by atoms with Crippen molar-refractivity contribution in [3.8, 4) is 0 Å². The number of aryl methyl sites for hydroxylation is 1. The Bertz CT molecular complexity index is 932. The van der Waals surface area contributed by atoms with E-state index in [2.05, 4.69) is 53.2 Å². The Morgan fingerprint density at radius 2 is 2.04 bits per heavy atom. The Morgan fingerprint density at radius 3 is 2.80 bits per heavy atom. The number of aromatic nitrogens is 4. The Labute approximate surface area is 150 Å². The SMILES string of the molecule is CCCSc1nc2ncc3c(n2n1)CC(c1ccc(C)cc1)CC3=O. The number of nitrogens with zero attached hydrogens (tertiary/aromatic N) is 4. The van der Waals surface area contributed by atoms with Crippen LogP contribution in [0.25, 0.3) is 5.78 Å². The van der Waals surface area contributed by atoms with Crippen LogP contribution in [0.2, 0.25) is 0 Å². The molecular weight excluding hydrogens is 332 g/mol. The van der Waals surface area contributed by atoms with Gasteiger partial charge in [-0.25, -0.2) is 4.98 Å². The van der Waals surface area contributed by atoms with Gasteiger partial charge in [-0.2, -0.15) is 9.50 Å². The van der Waals surface area contributed by atoms with E-state index < -0.39 is 0 Å². The van der Waals surface area contributed by atoms with E-state index >= 15 is 0 Å². The van der Waals surface area contributed by atoms with Crippen LogP contribution < -0.4 is 0 Å². The standard InChI is InChI=1S/C19H20N4OS/c1-3-8-25-19-21-18-20-11-15-16(23(18)22-19)9-14(10-17(15)24)13-6-4-12(2)5-7-13/h4-7,11,14H,3,8-10H2,1-2H3. The van der Waals surface area contributed by atoms with Crippen molar-refractivity contribution in [2.75, 3.05) is 5.75 Å². The summed E-state index contributed by atoms with van der Waals surface area (Å²) >= 11 is 1.63. The normalized spacial score (nSPS) is 17.0. The highest BCUT2D eigenvalue weighted by molar-refractivity contribution is 7.99. The van der Waals surface area contributed by atoms with Crippen molar-refractivity contribution in [2.45, 2.75) is 44.2 Å². The summed E-state index contributed by atoms with van der Waals surface area (Å²) in [7, 11) is 0. The highest BCUT2D eigenvalue weighted by Crippen LogP contribution is 2.33. The first-order valence-electron chi connectivity index (χ1n) is 8.63. The summed E-state index contributed by atoms with van der Waals surface area (Å²) in [5.74, 6) is 1.88. The molecule has 128 valence electrons. The molecule has 0 bridgehead atoms. The molecule has 1 aliphatic rings. The van der Waals surface area contributed by atoms with Gasteiger partial charge in [0.2, 0.25) is 5.16 Å². The van der Waals surface area contributed by atoms with Gasteiger partial charge in [0.05, 0.1) is 11.3 Å². The van der Waals surface area contributed by atoms with E-state index in [0.717, 1.165) is 29.4 Å². The molecule has 0 radical (unpaired) electrons. The molecule has 25 heavy (non-hydrogen) atoms. The van der Waals surface area contributed by atoms with E-state index in [1.807, 2.05) is 0 Å². The number of hydrogen-bond donors (Lipinski definition) is 0. The molecule has 1 atom stereocenters. The lowest BCUT2D eigenvalue weighted by molar-refractivity contribution is 0.0962. The predicted molar refractivity (Wildman–Crippen MR) is 98.4 cm³/mol. The minimum absolute atomic E-state index is 0.138. The predicted octanol–water partition coefficient (Wildman–Crippen LogP) is 3.85. The van der Waals surface area contributed by atoms with Crippen molar-refractivity contribution in [2.24, 2.45) is 0 Å². The summed E-state index contributed by atoms with van der Waals surface area (Å²) in [6.07, 6.45) is 4.04. The fraction of sp³-hybridized carbons (Fsp3) is 0.368. The van der Waals surface area contributed by atoms with E-state index in [1.54, 1.807) is 22.5 Å². The van der Waals surface area contributed by atoms with Gasteiger partial charge in [0.25, 0.3) is 5.78 Å². The maximum Gasteiger partial charge on any atom is 0.253 e. The first kappa shape index (κ1) is 16.3. The minimum Gasteiger partial charge on any atom is -0.294 e. The molecule has 1 unspecified atom stereocenters. The van der Waals surface area contributed by atoms with Gasteiger partial charge in [0, 0.05) is 18.4 Å². The van der Waals surface area contributed by atoms with E-state index in [0.29, 0.717) is 17.8 Å². The average Bonchev–Trinajstić information content (AvgIpc) is 3.04. The maximum atomic E-state index is 12.7. The molecule has 6 heteroatoms. The van der Waals surface area contributed by atoms with Crippen LogP contribution in [0.3, 0.4) is 0 Å². The van der Waals surface area contributed by atoms with Crippen molar-refractivity contribution in [3.63, 3.8) is 0 Å². The van der Waals surface area contributed by atoms with Crippen molar-refractivity contribution < 1.29 is 4.79 Å². The Morgan fingerprint density at radius 1 is 1.24 bits per heavy atom. The van der Waals surface area contributed by atoms with Crippen LogP contribution in [0.15, 0.2) is 35.6 Å². The second-order valence-electron chi connectivity index (χ2n) is 6.51. The van der Waals surface area contributed by atoms with Crippen LogP contribution in [0.1, 0.15) is 52.9 Å². The van der Waals surface area contributed by atoms with E-state index in [4.69, 9.17) is 0 Å². The third-order valence-corrected chi connectivity index (χ3v) is 5.65. The molecule has 0 aliphatic heterocycles. The molecule has 1 aliphatic carbocycles. The summed E-state index contributed by atoms with van der Waals surface area (Å²) in [5.41, 5.74) is 4.05. The quantitative estimate of drug-likeness (QED) is 0.668. The van der Waals surface area contributed by atoms with Crippen molar-refractivity contribution in [1.29, 1.82) is 0 Å². The third-order valence-electron chi connectivity index (χ3n) is 4.60. The van der Waals surface area contributed by atoms with Gasteiger partial charge in [-0.3, -0.25) is 4.79 Å². The molecule has 2 heterocycles. The van der Waals surface area contributed by atoms with Gasteiger partial charge >= 0.3 is 0 Å². The van der Waals surface area contributed by atoms with Crippen LogP contribution in [0, 0.1) is 6.92 Å².